The number of halogens is 4. The lowest BCUT2D eigenvalue weighted by Gasteiger charge is -2.31. The Bertz CT molecular complexity index is 1580. The third-order valence-corrected chi connectivity index (χ3v) is 8.78. The van der Waals surface area contributed by atoms with Crippen LogP contribution in [0.3, 0.4) is 0 Å². The van der Waals surface area contributed by atoms with E-state index < -0.39 is 29.7 Å². The van der Waals surface area contributed by atoms with Crippen LogP contribution in [0.2, 0.25) is 5.15 Å². The van der Waals surface area contributed by atoms with Crippen molar-refractivity contribution in [2.24, 2.45) is 0 Å². The van der Waals surface area contributed by atoms with Crippen LogP contribution in [0.25, 0.3) is 11.0 Å². The summed E-state index contributed by atoms with van der Waals surface area (Å²) in [5.74, 6) is -1.72. The molecule has 12 heteroatoms. The van der Waals surface area contributed by atoms with Crippen LogP contribution in [0.4, 0.5) is 18.0 Å². The fourth-order valence-corrected chi connectivity index (χ4v) is 6.60. The zero-order chi connectivity index (χ0) is 30.5. The van der Waals surface area contributed by atoms with Crippen molar-refractivity contribution >= 4 is 28.7 Å². The molecule has 1 aliphatic carbocycles. The van der Waals surface area contributed by atoms with Crippen molar-refractivity contribution in [3.63, 3.8) is 0 Å². The predicted molar refractivity (Wildman–Crippen MR) is 154 cm³/mol. The number of hydrogen-bond donors (Lipinski definition) is 0. The van der Waals surface area contributed by atoms with E-state index in [1.165, 1.54) is 17.3 Å². The van der Waals surface area contributed by atoms with E-state index in [1.54, 1.807) is 0 Å². The van der Waals surface area contributed by atoms with Crippen molar-refractivity contribution in [3.05, 3.63) is 69.5 Å². The topological polar surface area (TPSA) is 78.7 Å². The fraction of sp³-hybridized carbons (Fsp3) is 0.516. The summed E-state index contributed by atoms with van der Waals surface area (Å²) >= 11 is 6.30. The van der Waals surface area contributed by atoms with Crippen molar-refractivity contribution in [3.8, 4) is 0 Å². The van der Waals surface area contributed by atoms with Gasteiger partial charge >= 0.3 is 6.09 Å². The maximum atomic E-state index is 15.2. The molecule has 3 aromatic rings. The second-order valence-electron chi connectivity index (χ2n) is 11.7. The molecule has 0 spiro atoms. The average Bonchev–Trinajstić information content (AvgIpc) is 3.63. The summed E-state index contributed by atoms with van der Waals surface area (Å²) < 4.78 is 63.1. The number of hydrogen-bond acceptors (Lipinski definition) is 6. The normalized spacial score (nSPS) is 22.7. The molecule has 230 valence electrons. The van der Waals surface area contributed by atoms with Gasteiger partial charge in [0.25, 0.3) is 6.43 Å². The third kappa shape index (κ3) is 5.62. The van der Waals surface area contributed by atoms with Gasteiger partial charge in [-0.3, -0.25) is 0 Å². The highest BCUT2D eigenvalue weighted by atomic mass is 35.5. The summed E-state index contributed by atoms with van der Waals surface area (Å²) in [5.41, 5.74) is 2.40. The number of benzene rings is 1. The van der Waals surface area contributed by atoms with Crippen molar-refractivity contribution in [2.45, 2.75) is 89.9 Å². The molecule has 0 N–H and O–H groups in total. The fourth-order valence-electron chi connectivity index (χ4n) is 6.40. The number of nitrogens with zero attached hydrogens (tertiary/aromatic N) is 4. The summed E-state index contributed by atoms with van der Waals surface area (Å²) in [7, 11) is 0. The van der Waals surface area contributed by atoms with E-state index in [4.69, 9.17) is 25.8 Å². The summed E-state index contributed by atoms with van der Waals surface area (Å²) in [6.07, 6.45) is 3.81. The molecule has 1 saturated heterocycles. The van der Waals surface area contributed by atoms with E-state index in [9.17, 15) is 13.6 Å². The van der Waals surface area contributed by atoms with Crippen LogP contribution in [0, 0.1) is 5.82 Å². The number of ether oxygens (including phenoxy) is 3. The van der Waals surface area contributed by atoms with Crippen LogP contribution in [-0.4, -0.2) is 56.7 Å². The summed E-state index contributed by atoms with van der Waals surface area (Å²) in [4.78, 5) is 22.7. The monoisotopic (exact) mass is 618 g/mol. The lowest BCUT2D eigenvalue weighted by Crippen LogP contribution is -2.37. The molecule has 3 atom stereocenters. The third-order valence-electron chi connectivity index (χ3n) is 8.48. The van der Waals surface area contributed by atoms with Gasteiger partial charge in [0, 0.05) is 19.3 Å². The number of alkyl halides is 2. The van der Waals surface area contributed by atoms with Gasteiger partial charge in [-0.1, -0.05) is 31.0 Å². The Morgan fingerprint density at radius 1 is 1.23 bits per heavy atom. The quantitative estimate of drug-likeness (QED) is 0.152. The van der Waals surface area contributed by atoms with Gasteiger partial charge in [0.05, 0.1) is 23.6 Å². The van der Waals surface area contributed by atoms with Gasteiger partial charge in [-0.05, 0) is 73.9 Å². The molecule has 1 amide bonds. The number of aromatic nitrogens is 3. The standard InChI is InChI=1S/C31H34ClF3N4O4/c1-4-5-12-41-30(40)38-10-8-19-22(15-38)17(13-21(24(19)33)28(34)35)6-7-18-14-23(26-25(18)42-31(2,3)43-26)39-11-9-20-27(32)36-16-37-29(20)39/h9,11,13-14,16,23,25-26,28H,4-8,10,12,15H2,1-3H3/t23-,25-,26+/m1/s1. The summed E-state index contributed by atoms with van der Waals surface area (Å²) in [6, 6.07) is 2.86. The number of fused-ring (bicyclic) bond motifs is 3. The number of carbonyl (C=O) groups excluding carboxylic acids is 1. The predicted octanol–water partition coefficient (Wildman–Crippen LogP) is 7.09. The van der Waals surface area contributed by atoms with Crippen LogP contribution in [0.5, 0.6) is 0 Å². The first-order valence-electron chi connectivity index (χ1n) is 14.6. The minimum absolute atomic E-state index is 0.103. The first kappa shape index (κ1) is 29.9. The Kier molecular flexibility index (Phi) is 8.16. The van der Waals surface area contributed by atoms with Gasteiger partial charge in [0.15, 0.2) is 5.79 Å². The molecule has 0 radical (unpaired) electrons. The lowest BCUT2D eigenvalue weighted by atomic mass is 9.88. The van der Waals surface area contributed by atoms with Crippen molar-refractivity contribution in [2.75, 3.05) is 13.2 Å². The number of amides is 1. The van der Waals surface area contributed by atoms with Crippen LogP contribution >= 0.6 is 11.6 Å². The van der Waals surface area contributed by atoms with E-state index in [1.807, 2.05) is 37.6 Å². The average molecular weight is 619 g/mol. The number of unbranched alkanes of at least 4 members (excludes halogenated alkanes) is 1. The molecule has 3 aliphatic rings. The molecule has 4 heterocycles. The first-order chi connectivity index (χ1) is 20.6. The summed E-state index contributed by atoms with van der Waals surface area (Å²) in [5, 5.41) is 1.07. The molecule has 2 aliphatic heterocycles. The maximum Gasteiger partial charge on any atom is 0.410 e. The van der Waals surface area contributed by atoms with E-state index in [2.05, 4.69) is 16.0 Å². The number of rotatable bonds is 8. The highest BCUT2D eigenvalue weighted by Crippen LogP contribution is 2.46. The Hall–Kier alpha value is -3.15. The van der Waals surface area contributed by atoms with E-state index in [0.29, 0.717) is 41.4 Å². The second kappa shape index (κ2) is 11.7. The molecule has 0 unspecified atom stereocenters. The minimum Gasteiger partial charge on any atom is -0.449 e. The van der Waals surface area contributed by atoms with E-state index in [-0.39, 0.29) is 43.3 Å². The molecule has 1 aromatic carbocycles. The molecule has 8 nitrogen and oxygen atoms in total. The van der Waals surface area contributed by atoms with Crippen LogP contribution in [-0.2, 0) is 33.6 Å². The van der Waals surface area contributed by atoms with Crippen molar-refractivity contribution < 1.29 is 32.2 Å². The Labute approximate surface area is 252 Å². The van der Waals surface area contributed by atoms with Gasteiger partial charge < -0.3 is 23.7 Å². The molecule has 6 rings (SSSR count). The highest BCUT2D eigenvalue weighted by Gasteiger charge is 2.50. The van der Waals surface area contributed by atoms with Crippen molar-refractivity contribution in [1.82, 2.24) is 19.4 Å². The Morgan fingerprint density at radius 2 is 2.05 bits per heavy atom. The van der Waals surface area contributed by atoms with Gasteiger partial charge in [-0.25, -0.2) is 27.9 Å². The molecule has 0 saturated carbocycles. The zero-order valence-corrected chi connectivity index (χ0v) is 25.0. The zero-order valence-electron chi connectivity index (χ0n) is 24.3. The minimum atomic E-state index is -2.95. The van der Waals surface area contributed by atoms with Crippen LogP contribution in [0.1, 0.15) is 74.8 Å². The van der Waals surface area contributed by atoms with E-state index >= 15 is 4.39 Å². The Balaban J connectivity index is 1.30. The number of carbonyl (C=O) groups is 1. The first-order valence-corrected chi connectivity index (χ1v) is 15.0. The summed E-state index contributed by atoms with van der Waals surface area (Å²) in [6.45, 7) is 6.32. The smallest absolute Gasteiger partial charge is 0.410 e. The van der Waals surface area contributed by atoms with Gasteiger partial charge in [-0.2, -0.15) is 0 Å². The van der Waals surface area contributed by atoms with Gasteiger partial charge in [-0.15, -0.1) is 0 Å². The highest BCUT2D eigenvalue weighted by molar-refractivity contribution is 6.33. The molecular weight excluding hydrogens is 585 g/mol. The Morgan fingerprint density at radius 3 is 2.81 bits per heavy atom. The lowest BCUT2D eigenvalue weighted by molar-refractivity contribution is -0.147. The second-order valence-corrected chi connectivity index (χ2v) is 12.1. The number of aryl methyl sites for hydroxylation is 1. The molecule has 43 heavy (non-hydrogen) atoms. The van der Waals surface area contributed by atoms with Crippen LogP contribution in [0.15, 0.2) is 36.3 Å². The maximum absolute atomic E-state index is 15.2. The molecule has 0 bridgehead atoms. The van der Waals surface area contributed by atoms with Gasteiger partial charge in [0.1, 0.15) is 35.2 Å². The SMILES string of the molecule is CCCCOC(=O)N1CCc2c(F)c(C(F)F)cc(CCC3=C[C@@H](n4ccc5c(Cl)ncnc54)[C@@H]4OC(C)(C)O[C@H]34)c2C1. The van der Waals surface area contributed by atoms with Gasteiger partial charge in [0.2, 0.25) is 0 Å². The van der Waals surface area contributed by atoms with Crippen molar-refractivity contribution in [1.29, 1.82) is 0 Å². The molecule has 2 aromatic heterocycles. The van der Waals surface area contributed by atoms with E-state index in [0.717, 1.165) is 23.8 Å². The largest absolute Gasteiger partial charge is 0.449 e. The van der Waals surface area contributed by atoms with Crippen LogP contribution < -0.4 is 0 Å². The molecular formula is C31H34ClF3N4O4. The molecule has 1 fully saturated rings.